The Morgan fingerprint density at radius 2 is 1.86 bits per heavy atom. The average molecular weight is 286 g/mol. The summed E-state index contributed by atoms with van der Waals surface area (Å²) in [7, 11) is 3.44. The van der Waals surface area contributed by atoms with Gasteiger partial charge in [-0.05, 0) is 24.6 Å². The third-order valence-corrected chi connectivity index (χ3v) is 3.55. The van der Waals surface area contributed by atoms with E-state index >= 15 is 0 Å². The van der Waals surface area contributed by atoms with Crippen LogP contribution in [0.1, 0.15) is 21.6 Å². The predicted octanol–water partition coefficient (Wildman–Crippen LogP) is 2.24. The molecule has 110 valence electrons. The molecular weight excluding hydrogens is 268 g/mol. The summed E-state index contributed by atoms with van der Waals surface area (Å²) in [5.74, 6) is -1.15. The number of anilines is 1. The van der Waals surface area contributed by atoms with Crippen molar-refractivity contribution in [3.63, 3.8) is 0 Å². The van der Waals surface area contributed by atoms with Crippen LogP contribution in [0.3, 0.4) is 0 Å². The van der Waals surface area contributed by atoms with Crippen LogP contribution >= 0.6 is 0 Å². The molecule has 5 heteroatoms. The van der Waals surface area contributed by atoms with Crippen molar-refractivity contribution in [2.45, 2.75) is 13.3 Å². The van der Waals surface area contributed by atoms with E-state index in [0.29, 0.717) is 11.3 Å². The van der Waals surface area contributed by atoms with Gasteiger partial charge in [-0.25, -0.2) is 4.79 Å². The molecule has 1 N–H and O–H groups in total. The van der Waals surface area contributed by atoms with E-state index in [0.717, 1.165) is 5.69 Å². The van der Waals surface area contributed by atoms with Crippen LogP contribution in [0.5, 0.6) is 0 Å². The Kier molecular flexibility index (Phi) is 4.12. The number of likely N-dealkylation sites (N-methyl/N-ethyl adjacent to an activating group) is 1. The standard InChI is InChI=1S/C16H18N2O3/c1-11-10-17(2)13(15(11)16(20)21)9-14(19)18(3)12-7-5-4-6-8-12/h4-8,10H,9H2,1-3H3,(H,20,21). The number of aryl methyl sites for hydroxylation is 2. The number of carbonyl (C=O) groups is 2. The summed E-state index contributed by atoms with van der Waals surface area (Å²) in [6.45, 7) is 1.73. The third kappa shape index (κ3) is 2.97. The minimum Gasteiger partial charge on any atom is -0.478 e. The van der Waals surface area contributed by atoms with E-state index in [1.807, 2.05) is 30.3 Å². The highest BCUT2D eigenvalue weighted by Crippen LogP contribution is 2.19. The topological polar surface area (TPSA) is 62.5 Å². The molecule has 0 fully saturated rings. The van der Waals surface area contributed by atoms with Crippen LogP contribution in [0, 0.1) is 6.92 Å². The molecular formula is C16H18N2O3. The number of amides is 1. The lowest BCUT2D eigenvalue weighted by Gasteiger charge is -2.17. The molecule has 1 aromatic heterocycles. The molecule has 0 bridgehead atoms. The number of carboxylic acid groups (broad SMARTS) is 1. The van der Waals surface area contributed by atoms with Gasteiger partial charge in [0.2, 0.25) is 5.91 Å². The quantitative estimate of drug-likeness (QED) is 0.937. The Morgan fingerprint density at radius 3 is 2.43 bits per heavy atom. The molecule has 1 heterocycles. The van der Waals surface area contributed by atoms with Gasteiger partial charge in [0.05, 0.1) is 12.0 Å². The number of aromatic nitrogens is 1. The van der Waals surface area contributed by atoms with Gasteiger partial charge in [0.1, 0.15) is 0 Å². The summed E-state index contributed by atoms with van der Waals surface area (Å²) in [6, 6.07) is 9.27. The SMILES string of the molecule is Cc1cn(C)c(CC(=O)N(C)c2ccccc2)c1C(=O)O. The Labute approximate surface area is 123 Å². The molecule has 1 amide bonds. The molecule has 0 radical (unpaired) electrons. The molecule has 5 nitrogen and oxygen atoms in total. The second kappa shape index (κ2) is 5.83. The normalized spacial score (nSPS) is 10.4. The first-order chi connectivity index (χ1) is 9.91. The number of carbonyl (C=O) groups excluding carboxylic acids is 1. The Bertz CT molecular complexity index is 674. The number of nitrogens with zero attached hydrogens (tertiary/aromatic N) is 2. The largest absolute Gasteiger partial charge is 0.478 e. The molecule has 0 aliphatic carbocycles. The molecule has 1 aromatic carbocycles. The third-order valence-electron chi connectivity index (χ3n) is 3.55. The number of hydrogen-bond donors (Lipinski definition) is 1. The second-order valence-electron chi connectivity index (χ2n) is 5.01. The van der Waals surface area contributed by atoms with E-state index in [2.05, 4.69) is 0 Å². The van der Waals surface area contributed by atoms with Crippen LogP contribution in [0.4, 0.5) is 5.69 Å². The van der Waals surface area contributed by atoms with E-state index in [1.165, 1.54) is 4.90 Å². The van der Waals surface area contributed by atoms with Crippen LogP contribution in [0.25, 0.3) is 0 Å². The van der Waals surface area contributed by atoms with Gasteiger partial charge >= 0.3 is 5.97 Å². The molecule has 0 unspecified atom stereocenters. The Morgan fingerprint density at radius 1 is 1.24 bits per heavy atom. The van der Waals surface area contributed by atoms with Crippen LogP contribution < -0.4 is 4.90 Å². The monoisotopic (exact) mass is 286 g/mol. The highest BCUT2D eigenvalue weighted by molar-refractivity contribution is 5.97. The zero-order valence-corrected chi connectivity index (χ0v) is 12.3. The van der Waals surface area contributed by atoms with Crippen molar-refractivity contribution in [1.82, 2.24) is 4.57 Å². The lowest BCUT2D eigenvalue weighted by atomic mass is 10.1. The van der Waals surface area contributed by atoms with Crippen molar-refractivity contribution < 1.29 is 14.7 Å². The minimum absolute atomic E-state index is 0.0529. The Hall–Kier alpha value is -2.56. The molecule has 0 aliphatic heterocycles. The Balaban J connectivity index is 2.26. The van der Waals surface area contributed by atoms with Crippen molar-refractivity contribution in [3.8, 4) is 0 Å². The van der Waals surface area contributed by atoms with Crippen molar-refractivity contribution >= 4 is 17.6 Å². The summed E-state index contributed by atoms with van der Waals surface area (Å²) in [4.78, 5) is 25.2. The minimum atomic E-state index is -1.00. The van der Waals surface area contributed by atoms with Crippen molar-refractivity contribution in [2.75, 3.05) is 11.9 Å². The van der Waals surface area contributed by atoms with Gasteiger partial charge in [0.15, 0.2) is 0 Å². The van der Waals surface area contributed by atoms with Crippen molar-refractivity contribution in [1.29, 1.82) is 0 Å². The maximum absolute atomic E-state index is 12.4. The average Bonchev–Trinajstić information content (AvgIpc) is 2.73. The van der Waals surface area contributed by atoms with Gasteiger partial charge in [-0.2, -0.15) is 0 Å². The number of aromatic carboxylic acids is 1. The van der Waals surface area contributed by atoms with Gasteiger partial charge in [-0.3, -0.25) is 4.79 Å². The number of rotatable bonds is 4. The highest BCUT2D eigenvalue weighted by atomic mass is 16.4. The lowest BCUT2D eigenvalue weighted by Crippen LogP contribution is -2.29. The van der Waals surface area contributed by atoms with Crippen LogP contribution in [-0.2, 0) is 18.3 Å². The molecule has 0 saturated heterocycles. The summed E-state index contributed by atoms with van der Waals surface area (Å²) >= 11 is 0. The van der Waals surface area contributed by atoms with E-state index in [4.69, 9.17) is 0 Å². The first-order valence-corrected chi connectivity index (χ1v) is 6.61. The number of benzene rings is 1. The first-order valence-electron chi connectivity index (χ1n) is 6.61. The van der Waals surface area contributed by atoms with Crippen LogP contribution in [0.2, 0.25) is 0 Å². The fraction of sp³-hybridized carbons (Fsp3) is 0.250. The zero-order chi connectivity index (χ0) is 15.6. The molecule has 0 spiro atoms. The van der Waals surface area contributed by atoms with Crippen molar-refractivity contribution in [3.05, 3.63) is 53.3 Å². The molecule has 0 saturated carbocycles. The first kappa shape index (κ1) is 14.8. The van der Waals surface area contributed by atoms with E-state index in [-0.39, 0.29) is 17.9 Å². The fourth-order valence-corrected chi connectivity index (χ4v) is 2.40. The molecule has 2 aromatic rings. The van der Waals surface area contributed by atoms with Gasteiger partial charge in [0.25, 0.3) is 0 Å². The van der Waals surface area contributed by atoms with E-state index < -0.39 is 5.97 Å². The smallest absolute Gasteiger partial charge is 0.337 e. The van der Waals surface area contributed by atoms with Crippen LogP contribution in [-0.4, -0.2) is 28.6 Å². The van der Waals surface area contributed by atoms with Crippen LogP contribution in [0.15, 0.2) is 36.5 Å². The highest BCUT2D eigenvalue weighted by Gasteiger charge is 2.21. The second-order valence-corrected chi connectivity index (χ2v) is 5.01. The zero-order valence-electron chi connectivity index (χ0n) is 12.3. The fourth-order valence-electron chi connectivity index (χ4n) is 2.40. The van der Waals surface area contributed by atoms with E-state index in [1.54, 1.807) is 31.8 Å². The van der Waals surface area contributed by atoms with Gasteiger partial charge in [-0.15, -0.1) is 0 Å². The lowest BCUT2D eigenvalue weighted by molar-refractivity contribution is -0.117. The van der Waals surface area contributed by atoms with E-state index in [9.17, 15) is 14.7 Å². The molecule has 21 heavy (non-hydrogen) atoms. The number of hydrogen-bond acceptors (Lipinski definition) is 2. The summed E-state index contributed by atoms with van der Waals surface area (Å²) in [5.41, 5.74) is 2.18. The number of carboxylic acids is 1. The summed E-state index contributed by atoms with van der Waals surface area (Å²) < 4.78 is 1.70. The van der Waals surface area contributed by atoms with Crippen molar-refractivity contribution in [2.24, 2.45) is 7.05 Å². The maximum Gasteiger partial charge on any atom is 0.337 e. The summed E-state index contributed by atoms with van der Waals surface area (Å²) in [5, 5.41) is 9.29. The number of para-hydroxylation sites is 1. The summed E-state index contributed by atoms with van der Waals surface area (Å²) in [6.07, 6.45) is 1.78. The van der Waals surface area contributed by atoms with Gasteiger partial charge in [0, 0.05) is 31.7 Å². The van der Waals surface area contributed by atoms with Gasteiger partial charge in [-0.1, -0.05) is 18.2 Å². The molecule has 0 aliphatic rings. The maximum atomic E-state index is 12.4. The van der Waals surface area contributed by atoms with Gasteiger partial charge < -0.3 is 14.6 Å². The predicted molar refractivity (Wildman–Crippen MR) is 80.7 cm³/mol. The molecule has 2 rings (SSSR count). The molecule has 0 atom stereocenters.